The maximum absolute atomic E-state index is 3.59. The average Bonchev–Trinajstić information content (AvgIpc) is 2.65. The lowest BCUT2D eigenvalue weighted by molar-refractivity contribution is 0.442. The minimum absolute atomic E-state index is 0.343. The fraction of sp³-hybridized carbons (Fsp3) is 0.636. The first-order valence-electron chi connectivity index (χ1n) is 4.83. The molecule has 0 spiro atoms. The highest BCUT2D eigenvalue weighted by molar-refractivity contribution is 9.09. The van der Waals surface area contributed by atoms with Gasteiger partial charge >= 0.3 is 0 Å². The minimum Gasteiger partial charge on any atom is -0.145 e. The molecule has 3 heteroatoms. The van der Waals surface area contributed by atoms with Crippen LogP contribution >= 0.6 is 43.2 Å². The summed E-state index contributed by atoms with van der Waals surface area (Å²) < 4.78 is 0. The van der Waals surface area contributed by atoms with Crippen LogP contribution in [0, 0.1) is 5.41 Å². The predicted molar refractivity (Wildman–Crippen MR) is 73.1 cm³/mol. The van der Waals surface area contributed by atoms with Gasteiger partial charge in [0.2, 0.25) is 0 Å². The van der Waals surface area contributed by atoms with Crippen molar-refractivity contribution in [3.05, 3.63) is 21.9 Å². The molecule has 0 atom stereocenters. The van der Waals surface area contributed by atoms with Gasteiger partial charge in [0.25, 0.3) is 0 Å². The van der Waals surface area contributed by atoms with Gasteiger partial charge in [-0.3, -0.25) is 0 Å². The lowest BCUT2D eigenvalue weighted by Gasteiger charge is -2.23. The summed E-state index contributed by atoms with van der Waals surface area (Å²) in [5.74, 6) is 0. The van der Waals surface area contributed by atoms with Gasteiger partial charge in [0, 0.05) is 20.4 Å². The quantitative estimate of drug-likeness (QED) is 0.685. The summed E-state index contributed by atoms with van der Waals surface area (Å²) in [5, 5.41) is 2.09. The van der Waals surface area contributed by atoms with Crippen LogP contribution in [0.4, 0.5) is 0 Å². The highest BCUT2D eigenvalue weighted by atomic mass is 79.9. The van der Waals surface area contributed by atoms with Crippen molar-refractivity contribution in [2.75, 3.05) is 10.7 Å². The van der Waals surface area contributed by atoms with Crippen molar-refractivity contribution >= 4 is 43.2 Å². The largest absolute Gasteiger partial charge is 0.145 e. The number of aryl methyl sites for hydroxylation is 1. The molecule has 1 rings (SSSR count). The maximum atomic E-state index is 3.59. The number of thiophene rings is 1. The molecule has 1 aromatic rings. The van der Waals surface area contributed by atoms with Crippen LogP contribution in [0.15, 0.2) is 12.1 Å². The number of hydrogen-bond acceptors (Lipinski definition) is 1. The smallest absolute Gasteiger partial charge is 0.00968 e. The maximum Gasteiger partial charge on any atom is 0.00968 e. The van der Waals surface area contributed by atoms with E-state index in [0.29, 0.717) is 5.41 Å². The van der Waals surface area contributed by atoms with Gasteiger partial charge in [-0.05, 0) is 30.4 Å². The first-order valence-corrected chi connectivity index (χ1v) is 7.89. The van der Waals surface area contributed by atoms with Gasteiger partial charge in [-0.25, -0.2) is 0 Å². The molecule has 0 aliphatic rings. The molecule has 14 heavy (non-hydrogen) atoms. The van der Waals surface area contributed by atoms with Crippen molar-refractivity contribution in [2.24, 2.45) is 5.41 Å². The number of hydrogen-bond donors (Lipinski definition) is 0. The van der Waals surface area contributed by atoms with Crippen LogP contribution < -0.4 is 0 Å². The molecular weight excluding hydrogens is 324 g/mol. The van der Waals surface area contributed by atoms with Crippen LogP contribution in [0.3, 0.4) is 0 Å². The summed E-state index contributed by atoms with van der Waals surface area (Å²) in [6.45, 7) is 4.52. The molecule has 0 bridgehead atoms. The Balaban J connectivity index is 2.67. The van der Waals surface area contributed by atoms with E-state index < -0.39 is 0 Å². The van der Waals surface area contributed by atoms with E-state index in [1.165, 1.54) is 9.75 Å². The SMILES string of the molecule is CCc1ccc(CC(C)(CBr)CBr)s1. The average molecular weight is 340 g/mol. The second kappa shape index (κ2) is 5.66. The van der Waals surface area contributed by atoms with E-state index in [4.69, 9.17) is 0 Å². The van der Waals surface area contributed by atoms with Crippen LogP contribution in [-0.4, -0.2) is 10.7 Å². The van der Waals surface area contributed by atoms with Crippen LogP contribution in [0.2, 0.25) is 0 Å². The van der Waals surface area contributed by atoms with E-state index >= 15 is 0 Å². The summed E-state index contributed by atoms with van der Waals surface area (Å²) in [5.41, 5.74) is 0.343. The molecule has 0 aromatic carbocycles. The summed E-state index contributed by atoms with van der Waals surface area (Å²) in [4.78, 5) is 3.00. The van der Waals surface area contributed by atoms with E-state index in [9.17, 15) is 0 Å². The van der Waals surface area contributed by atoms with Crippen molar-refractivity contribution in [2.45, 2.75) is 26.7 Å². The van der Waals surface area contributed by atoms with E-state index in [0.717, 1.165) is 23.5 Å². The number of alkyl halides is 2. The first kappa shape index (κ1) is 12.7. The van der Waals surface area contributed by atoms with Crippen molar-refractivity contribution in [3.8, 4) is 0 Å². The second-order valence-corrected chi connectivity index (χ2v) is 6.35. The summed E-state index contributed by atoms with van der Waals surface area (Å²) >= 11 is 9.13. The van der Waals surface area contributed by atoms with E-state index in [1.54, 1.807) is 0 Å². The summed E-state index contributed by atoms with van der Waals surface area (Å²) in [6.07, 6.45) is 2.32. The van der Waals surface area contributed by atoms with Crippen molar-refractivity contribution in [3.63, 3.8) is 0 Å². The van der Waals surface area contributed by atoms with Gasteiger partial charge in [0.15, 0.2) is 0 Å². The zero-order valence-electron chi connectivity index (χ0n) is 8.65. The van der Waals surface area contributed by atoms with E-state index in [-0.39, 0.29) is 0 Å². The fourth-order valence-corrected chi connectivity index (χ4v) is 3.76. The Labute approximate surface area is 107 Å². The van der Waals surface area contributed by atoms with Crippen molar-refractivity contribution < 1.29 is 0 Å². The Morgan fingerprint density at radius 2 is 1.79 bits per heavy atom. The molecule has 0 aliphatic heterocycles. The third kappa shape index (κ3) is 3.35. The highest BCUT2D eigenvalue weighted by Crippen LogP contribution is 2.30. The van der Waals surface area contributed by atoms with Gasteiger partial charge in [-0.1, -0.05) is 45.7 Å². The number of halogens is 2. The Morgan fingerprint density at radius 3 is 2.21 bits per heavy atom. The van der Waals surface area contributed by atoms with Gasteiger partial charge < -0.3 is 0 Å². The molecule has 1 heterocycles. The topological polar surface area (TPSA) is 0 Å². The molecule has 1 aromatic heterocycles. The molecule has 0 N–H and O–H groups in total. The first-order chi connectivity index (χ1) is 6.63. The monoisotopic (exact) mass is 338 g/mol. The highest BCUT2D eigenvalue weighted by Gasteiger charge is 2.22. The molecule has 0 unspecified atom stereocenters. The fourth-order valence-electron chi connectivity index (χ4n) is 1.26. The van der Waals surface area contributed by atoms with Crippen LogP contribution in [0.1, 0.15) is 23.6 Å². The predicted octanol–water partition coefficient (Wildman–Crippen LogP) is 4.65. The summed E-state index contributed by atoms with van der Waals surface area (Å²) in [6, 6.07) is 4.52. The standard InChI is InChI=1S/C11H16Br2S/c1-3-9-4-5-10(14-9)6-11(2,7-12)8-13/h4-5H,3,6-8H2,1-2H3. The lowest BCUT2D eigenvalue weighted by Crippen LogP contribution is -2.22. The van der Waals surface area contributed by atoms with E-state index in [1.807, 2.05) is 11.3 Å². The number of rotatable bonds is 5. The van der Waals surface area contributed by atoms with Gasteiger partial charge in [-0.2, -0.15) is 0 Å². The zero-order chi connectivity index (χ0) is 10.6. The zero-order valence-corrected chi connectivity index (χ0v) is 12.6. The third-order valence-corrected chi connectivity index (χ3v) is 6.25. The molecule has 0 nitrogen and oxygen atoms in total. The third-order valence-electron chi connectivity index (χ3n) is 2.31. The minimum atomic E-state index is 0.343. The van der Waals surface area contributed by atoms with E-state index in [2.05, 4.69) is 57.8 Å². The van der Waals surface area contributed by atoms with Crippen molar-refractivity contribution in [1.29, 1.82) is 0 Å². The van der Waals surface area contributed by atoms with Gasteiger partial charge in [0.1, 0.15) is 0 Å². The second-order valence-electron chi connectivity index (χ2n) is 3.98. The molecule has 0 saturated heterocycles. The Kier molecular flexibility index (Phi) is 5.15. The molecule has 0 radical (unpaired) electrons. The van der Waals surface area contributed by atoms with Gasteiger partial charge in [-0.15, -0.1) is 11.3 Å². The Hall–Kier alpha value is 0.660. The molecule has 0 saturated carbocycles. The Morgan fingerprint density at radius 1 is 1.21 bits per heavy atom. The lowest BCUT2D eigenvalue weighted by atomic mass is 9.91. The molecule has 0 amide bonds. The molecule has 0 aliphatic carbocycles. The van der Waals surface area contributed by atoms with Crippen molar-refractivity contribution in [1.82, 2.24) is 0 Å². The molecule has 0 fully saturated rings. The Bertz CT molecular complexity index is 277. The van der Waals surface area contributed by atoms with Gasteiger partial charge in [0.05, 0.1) is 0 Å². The van der Waals surface area contributed by atoms with Crippen LogP contribution in [-0.2, 0) is 12.8 Å². The molecule has 80 valence electrons. The van der Waals surface area contributed by atoms with Crippen LogP contribution in [0.25, 0.3) is 0 Å². The van der Waals surface area contributed by atoms with Crippen LogP contribution in [0.5, 0.6) is 0 Å². The summed E-state index contributed by atoms with van der Waals surface area (Å²) in [7, 11) is 0. The normalized spacial score (nSPS) is 12.0. The molecular formula is C11H16Br2S.